The molecule has 110 valence electrons. The van der Waals surface area contributed by atoms with E-state index in [1.807, 2.05) is 6.07 Å². The van der Waals surface area contributed by atoms with Gasteiger partial charge in [-0.1, -0.05) is 12.1 Å². The van der Waals surface area contributed by atoms with E-state index in [0.717, 1.165) is 0 Å². The fourth-order valence-electron chi connectivity index (χ4n) is 1.68. The lowest BCUT2D eigenvalue weighted by Crippen LogP contribution is -2.41. The van der Waals surface area contributed by atoms with Gasteiger partial charge in [-0.15, -0.1) is 0 Å². The van der Waals surface area contributed by atoms with Crippen molar-refractivity contribution >= 4 is 23.5 Å². The van der Waals surface area contributed by atoms with Gasteiger partial charge in [0.25, 0.3) is 5.91 Å². The Kier molecular flexibility index (Phi) is 5.89. The van der Waals surface area contributed by atoms with Gasteiger partial charge in [-0.3, -0.25) is 9.59 Å². The summed E-state index contributed by atoms with van der Waals surface area (Å²) in [5, 5.41) is 22.3. The summed E-state index contributed by atoms with van der Waals surface area (Å²) in [4.78, 5) is 34.2. The molecule has 0 aliphatic rings. The van der Waals surface area contributed by atoms with Gasteiger partial charge in [0.15, 0.2) is 0 Å². The number of carbonyl (C=O) groups is 3. The molecule has 0 bridgehead atoms. The van der Waals surface area contributed by atoms with Crippen LogP contribution in [-0.2, 0) is 9.59 Å². The molecule has 2 amide bonds. The molecular formula is C14H15N3O4. The normalized spacial score (nSPS) is 11.0. The zero-order chi connectivity index (χ0) is 15.8. The Hall–Kier alpha value is -2.88. The smallest absolute Gasteiger partial charge is 0.326 e. The summed E-state index contributed by atoms with van der Waals surface area (Å²) in [6, 6.07) is 6.95. The molecule has 0 spiro atoms. The molecular weight excluding hydrogens is 274 g/mol. The molecule has 0 aliphatic carbocycles. The molecule has 21 heavy (non-hydrogen) atoms. The lowest BCUT2D eigenvalue weighted by Gasteiger charge is -2.15. The zero-order valence-electron chi connectivity index (χ0n) is 11.4. The van der Waals surface area contributed by atoms with Crippen LogP contribution in [0.15, 0.2) is 24.3 Å². The van der Waals surface area contributed by atoms with Crippen molar-refractivity contribution in [1.29, 1.82) is 5.26 Å². The first-order valence-electron chi connectivity index (χ1n) is 6.23. The van der Waals surface area contributed by atoms with Crippen LogP contribution >= 0.6 is 0 Å². The minimum atomic E-state index is -1.21. The molecule has 0 aliphatic heterocycles. The summed E-state index contributed by atoms with van der Waals surface area (Å²) < 4.78 is 0. The second-order valence-electron chi connectivity index (χ2n) is 4.29. The number of carboxylic acids is 1. The summed E-state index contributed by atoms with van der Waals surface area (Å²) >= 11 is 0. The van der Waals surface area contributed by atoms with Crippen LogP contribution in [0.1, 0.15) is 30.1 Å². The predicted octanol–water partition coefficient (Wildman–Crippen LogP) is 1.13. The van der Waals surface area contributed by atoms with E-state index in [4.69, 9.17) is 10.4 Å². The number of hydrogen-bond acceptors (Lipinski definition) is 4. The van der Waals surface area contributed by atoms with E-state index in [2.05, 4.69) is 10.6 Å². The van der Waals surface area contributed by atoms with Crippen molar-refractivity contribution in [1.82, 2.24) is 5.32 Å². The van der Waals surface area contributed by atoms with Crippen LogP contribution in [-0.4, -0.2) is 28.9 Å². The van der Waals surface area contributed by atoms with Gasteiger partial charge in [0.2, 0.25) is 5.91 Å². The van der Waals surface area contributed by atoms with Crippen molar-refractivity contribution in [3.63, 3.8) is 0 Å². The summed E-state index contributed by atoms with van der Waals surface area (Å²) in [7, 11) is 0. The van der Waals surface area contributed by atoms with E-state index >= 15 is 0 Å². The molecule has 0 saturated carbocycles. The number of carboxylic acid groups (broad SMARTS) is 1. The molecule has 0 unspecified atom stereocenters. The van der Waals surface area contributed by atoms with E-state index in [9.17, 15) is 14.4 Å². The predicted molar refractivity (Wildman–Crippen MR) is 74.5 cm³/mol. The second-order valence-corrected chi connectivity index (χ2v) is 4.29. The number of aliphatic carboxylic acids is 1. The van der Waals surface area contributed by atoms with E-state index in [-0.39, 0.29) is 24.3 Å². The topological polar surface area (TPSA) is 119 Å². The SMILES string of the molecule is CC(=O)Nc1ccccc1C(=O)N[C@@H](CCC#N)C(=O)O. The first kappa shape index (κ1) is 16.2. The van der Waals surface area contributed by atoms with E-state index in [1.165, 1.54) is 13.0 Å². The van der Waals surface area contributed by atoms with Crippen molar-refractivity contribution in [3.8, 4) is 6.07 Å². The Labute approximate surface area is 121 Å². The van der Waals surface area contributed by atoms with Crippen molar-refractivity contribution in [3.05, 3.63) is 29.8 Å². The van der Waals surface area contributed by atoms with Gasteiger partial charge in [-0.25, -0.2) is 4.79 Å². The quantitative estimate of drug-likeness (QED) is 0.725. The highest BCUT2D eigenvalue weighted by molar-refractivity contribution is 6.04. The molecule has 1 rings (SSSR count). The van der Waals surface area contributed by atoms with Crippen LogP contribution in [0.2, 0.25) is 0 Å². The monoisotopic (exact) mass is 289 g/mol. The largest absolute Gasteiger partial charge is 0.480 e. The number of para-hydroxylation sites is 1. The molecule has 7 nitrogen and oxygen atoms in total. The molecule has 0 fully saturated rings. The second kappa shape index (κ2) is 7.65. The highest BCUT2D eigenvalue weighted by Crippen LogP contribution is 2.15. The molecule has 0 saturated heterocycles. The first-order valence-corrected chi connectivity index (χ1v) is 6.23. The Bertz CT molecular complexity index is 592. The fourth-order valence-corrected chi connectivity index (χ4v) is 1.68. The Balaban J connectivity index is 2.90. The van der Waals surface area contributed by atoms with Gasteiger partial charge < -0.3 is 15.7 Å². The number of anilines is 1. The molecule has 0 radical (unpaired) electrons. The third kappa shape index (κ3) is 4.95. The standard InChI is InChI=1S/C14H15N3O4/c1-9(18)16-11-6-3-2-5-10(11)13(19)17-12(14(20)21)7-4-8-15/h2-3,5-6,12H,4,7H2,1H3,(H,16,18)(H,17,19)(H,20,21)/t12-/m0/s1. The molecule has 0 aromatic heterocycles. The Morgan fingerprint density at radius 3 is 2.57 bits per heavy atom. The van der Waals surface area contributed by atoms with Gasteiger partial charge in [0.05, 0.1) is 17.3 Å². The van der Waals surface area contributed by atoms with E-state index in [0.29, 0.717) is 5.69 Å². The van der Waals surface area contributed by atoms with Crippen LogP contribution in [0.25, 0.3) is 0 Å². The van der Waals surface area contributed by atoms with Crippen molar-refractivity contribution in [2.75, 3.05) is 5.32 Å². The first-order chi connectivity index (χ1) is 9.95. The number of nitrogens with one attached hydrogen (secondary N) is 2. The van der Waals surface area contributed by atoms with Gasteiger partial charge in [0, 0.05) is 13.3 Å². The van der Waals surface area contributed by atoms with Crippen LogP contribution in [0.5, 0.6) is 0 Å². The van der Waals surface area contributed by atoms with Crippen LogP contribution in [0, 0.1) is 11.3 Å². The van der Waals surface area contributed by atoms with Gasteiger partial charge >= 0.3 is 5.97 Å². The van der Waals surface area contributed by atoms with Crippen molar-refractivity contribution in [2.24, 2.45) is 0 Å². The lowest BCUT2D eigenvalue weighted by molar-refractivity contribution is -0.139. The average molecular weight is 289 g/mol. The Morgan fingerprint density at radius 1 is 1.33 bits per heavy atom. The number of nitrogens with zero attached hydrogens (tertiary/aromatic N) is 1. The number of hydrogen-bond donors (Lipinski definition) is 3. The Morgan fingerprint density at radius 2 is 2.00 bits per heavy atom. The summed E-state index contributed by atoms with van der Waals surface area (Å²) in [6.07, 6.45) is 0.0322. The summed E-state index contributed by atoms with van der Waals surface area (Å²) in [5.41, 5.74) is 0.461. The number of rotatable bonds is 6. The molecule has 1 aromatic carbocycles. The number of carbonyl (C=O) groups excluding carboxylic acids is 2. The van der Waals surface area contributed by atoms with E-state index in [1.54, 1.807) is 18.2 Å². The minimum absolute atomic E-state index is 0.0138. The maximum absolute atomic E-state index is 12.1. The third-order valence-corrected chi connectivity index (χ3v) is 2.63. The minimum Gasteiger partial charge on any atom is -0.480 e. The number of benzene rings is 1. The maximum atomic E-state index is 12.1. The maximum Gasteiger partial charge on any atom is 0.326 e. The molecule has 1 aromatic rings. The van der Waals surface area contributed by atoms with E-state index < -0.39 is 17.9 Å². The molecule has 0 heterocycles. The van der Waals surface area contributed by atoms with Crippen LogP contribution in [0.4, 0.5) is 5.69 Å². The summed E-state index contributed by atoms with van der Waals surface area (Å²) in [6.45, 7) is 1.31. The van der Waals surface area contributed by atoms with Gasteiger partial charge in [0.1, 0.15) is 6.04 Å². The highest BCUT2D eigenvalue weighted by Gasteiger charge is 2.21. The number of amides is 2. The average Bonchev–Trinajstić information content (AvgIpc) is 2.42. The molecule has 7 heteroatoms. The van der Waals surface area contributed by atoms with Gasteiger partial charge in [-0.2, -0.15) is 5.26 Å². The van der Waals surface area contributed by atoms with Gasteiger partial charge in [-0.05, 0) is 18.6 Å². The number of nitriles is 1. The van der Waals surface area contributed by atoms with Crippen LogP contribution < -0.4 is 10.6 Å². The lowest BCUT2D eigenvalue weighted by atomic mass is 10.1. The van der Waals surface area contributed by atoms with Crippen molar-refractivity contribution in [2.45, 2.75) is 25.8 Å². The summed E-state index contributed by atoms with van der Waals surface area (Å²) in [5.74, 6) is -2.17. The third-order valence-electron chi connectivity index (χ3n) is 2.63. The zero-order valence-corrected chi connectivity index (χ0v) is 11.4. The highest BCUT2D eigenvalue weighted by atomic mass is 16.4. The van der Waals surface area contributed by atoms with Crippen LogP contribution in [0.3, 0.4) is 0 Å². The molecule has 1 atom stereocenters. The fraction of sp³-hybridized carbons (Fsp3) is 0.286. The van der Waals surface area contributed by atoms with Crippen molar-refractivity contribution < 1.29 is 19.5 Å². The molecule has 3 N–H and O–H groups in total.